The quantitative estimate of drug-likeness (QED) is 0.829. The Kier molecular flexibility index (Phi) is 5.36. The van der Waals surface area contributed by atoms with Gasteiger partial charge in [0.1, 0.15) is 5.69 Å². The zero-order valence-electron chi connectivity index (χ0n) is 13.3. The topological polar surface area (TPSA) is 68.2 Å². The first-order chi connectivity index (χ1) is 10.1. The van der Waals surface area contributed by atoms with Crippen LogP contribution in [0, 0.1) is 6.92 Å². The molecule has 1 saturated heterocycles. The lowest BCUT2D eigenvalue weighted by molar-refractivity contribution is 0.0770. The van der Waals surface area contributed by atoms with Crippen molar-refractivity contribution in [3.63, 3.8) is 0 Å². The molecule has 1 aliphatic rings. The van der Waals surface area contributed by atoms with Crippen molar-refractivity contribution in [1.29, 1.82) is 0 Å². The lowest BCUT2D eigenvalue weighted by Crippen LogP contribution is -2.44. The van der Waals surface area contributed by atoms with Gasteiger partial charge in [-0.15, -0.1) is 0 Å². The van der Waals surface area contributed by atoms with Gasteiger partial charge in [-0.2, -0.15) is 5.10 Å². The molecule has 6 nitrogen and oxygen atoms in total. The molecule has 0 saturated carbocycles. The van der Waals surface area contributed by atoms with E-state index in [2.05, 4.69) is 29.6 Å². The Morgan fingerprint density at radius 2 is 2.24 bits per heavy atom. The molecule has 2 rings (SSSR count). The number of hydrogen-bond donors (Lipinski definition) is 2. The average molecular weight is 294 g/mol. The number of hydrogen-bond acceptors (Lipinski definition) is 4. The van der Waals surface area contributed by atoms with Gasteiger partial charge in [-0.1, -0.05) is 13.8 Å². The molecule has 2 atom stereocenters. The normalized spacial score (nSPS) is 22.0. The van der Waals surface area contributed by atoms with Gasteiger partial charge in [-0.05, 0) is 25.8 Å². The minimum absolute atomic E-state index is 0.00728. The summed E-state index contributed by atoms with van der Waals surface area (Å²) < 4.78 is 7.26. The Bertz CT molecular complexity index is 482. The Morgan fingerprint density at radius 3 is 2.86 bits per heavy atom. The predicted octanol–water partition coefficient (Wildman–Crippen LogP) is 1.27. The molecule has 0 aromatic carbocycles. The molecule has 0 bridgehead atoms. The number of ether oxygens (including phenoxy) is 1. The number of nitrogens with zero attached hydrogens (tertiary/aromatic N) is 2. The molecule has 1 aliphatic heterocycles. The monoisotopic (exact) mass is 294 g/mol. The van der Waals surface area contributed by atoms with Crippen LogP contribution >= 0.6 is 0 Å². The van der Waals surface area contributed by atoms with Crippen LogP contribution < -0.4 is 10.6 Å². The Balaban J connectivity index is 2.15. The van der Waals surface area contributed by atoms with Gasteiger partial charge in [0.05, 0.1) is 23.9 Å². The first-order valence-electron chi connectivity index (χ1n) is 7.71. The van der Waals surface area contributed by atoms with Crippen molar-refractivity contribution in [3.8, 4) is 0 Å². The van der Waals surface area contributed by atoms with E-state index in [0.29, 0.717) is 5.69 Å². The van der Waals surface area contributed by atoms with Crippen LogP contribution in [0.25, 0.3) is 0 Å². The van der Waals surface area contributed by atoms with E-state index < -0.39 is 0 Å². The van der Waals surface area contributed by atoms with Crippen molar-refractivity contribution < 1.29 is 9.53 Å². The highest BCUT2D eigenvalue weighted by atomic mass is 16.5. The molecule has 0 spiro atoms. The van der Waals surface area contributed by atoms with Gasteiger partial charge in [0.15, 0.2) is 0 Å². The van der Waals surface area contributed by atoms with Crippen molar-refractivity contribution in [2.75, 3.05) is 20.2 Å². The van der Waals surface area contributed by atoms with Gasteiger partial charge in [-0.25, -0.2) is 0 Å². The maximum absolute atomic E-state index is 12.6. The summed E-state index contributed by atoms with van der Waals surface area (Å²) in [7, 11) is 1.68. The molecule has 2 unspecified atom stereocenters. The smallest absolute Gasteiger partial charge is 0.269 e. The number of aryl methyl sites for hydroxylation is 1. The first-order valence-corrected chi connectivity index (χ1v) is 7.71. The van der Waals surface area contributed by atoms with Crippen LogP contribution in [0.4, 0.5) is 0 Å². The number of carbonyl (C=O) groups is 1. The Hall–Kier alpha value is -1.40. The third-order valence-corrected chi connectivity index (χ3v) is 4.16. The SMILES string of the molecule is CCC(CC)n1nc(C)cc1C(=O)NC1CNCC1OC. The van der Waals surface area contributed by atoms with Gasteiger partial charge < -0.3 is 15.4 Å². The van der Waals surface area contributed by atoms with Crippen LogP contribution in [-0.4, -0.2) is 48.0 Å². The van der Waals surface area contributed by atoms with E-state index in [4.69, 9.17) is 4.74 Å². The zero-order valence-corrected chi connectivity index (χ0v) is 13.3. The van der Waals surface area contributed by atoms with E-state index in [9.17, 15) is 4.79 Å². The largest absolute Gasteiger partial charge is 0.378 e. The molecule has 2 N–H and O–H groups in total. The number of aromatic nitrogens is 2. The third-order valence-electron chi connectivity index (χ3n) is 4.16. The molecule has 2 heterocycles. The molecule has 1 fully saturated rings. The van der Waals surface area contributed by atoms with Crippen molar-refractivity contribution in [2.24, 2.45) is 0 Å². The van der Waals surface area contributed by atoms with Gasteiger partial charge in [0.2, 0.25) is 0 Å². The number of carbonyl (C=O) groups excluding carboxylic acids is 1. The van der Waals surface area contributed by atoms with E-state index in [1.807, 2.05) is 17.7 Å². The van der Waals surface area contributed by atoms with E-state index in [0.717, 1.165) is 31.6 Å². The highest BCUT2D eigenvalue weighted by Crippen LogP contribution is 2.18. The van der Waals surface area contributed by atoms with E-state index >= 15 is 0 Å². The maximum Gasteiger partial charge on any atom is 0.269 e. The van der Waals surface area contributed by atoms with Crippen LogP contribution in [-0.2, 0) is 4.74 Å². The van der Waals surface area contributed by atoms with Crippen LogP contribution in [0.2, 0.25) is 0 Å². The van der Waals surface area contributed by atoms with E-state index in [1.165, 1.54) is 0 Å². The summed E-state index contributed by atoms with van der Waals surface area (Å²) in [5, 5.41) is 10.8. The molecule has 1 aromatic rings. The molecular weight excluding hydrogens is 268 g/mol. The lowest BCUT2D eigenvalue weighted by Gasteiger charge is -2.20. The van der Waals surface area contributed by atoms with Gasteiger partial charge >= 0.3 is 0 Å². The fraction of sp³-hybridized carbons (Fsp3) is 0.733. The number of amides is 1. The van der Waals surface area contributed by atoms with Crippen LogP contribution in [0.3, 0.4) is 0 Å². The Morgan fingerprint density at radius 1 is 1.52 bits per heavy atom. The minimum Gasteiger partial charge on any atom is -0.378 e. The van der Waals surface area contributed by atoms with Crippen molar-refractivity contribution in [2.45, 2.75) is 51.8 Å². The van der Waals surface area contributed by atoms with E-state index in [-0.39, 0.29) is 24.1 Å². The molecule has 0 aliphatic carbocycles. The van der Waals surface area contributed by atoms with Gasteiger partial charge in [-0.3, -0.25) is 9.48 Å². The predicted molar refractivity (Wildman–Crippen MR) is 81.5 cm³/mol. The summed E-state index contributed by atoms with van der Waals surface area (Å²) in [5.74, 6) is -0.0711. The van der Waals surface area contributed by atoms with Crippen LogP contribution in [0.5, 0.6) is 0 Å². The van der Waals surface area contributed by atoms with E-state index in [1.54, 1.807) is 7.11 Å². The molecular formula is C15H26N4O2. The van der Waals surface area contributed by atoms with Crippen molar-refractivity contribution in [3.05, 3.63) is 17.5 Å². The summed E-state index contributed by atoms with van der Waals surface area (Å²) in [5.41, 5.74) is 1.52. The van der Waals surface area contributed by atoms with Gasteiger partial charge in [0.25, 0.3) is 5.91 Å². The zero-order chi connectivity index (χ0) is 15.4. The molecule has 1 amide bonds. The maximum atomic E-state index is 12.6. The molecule has 0 radical (unpaired) electrons. The van der Waals surface area contributed by atoms with Crippen LogP contribution in [0.1, 0.15) is 48.9 Å². The van der Waals surface area contributed by atoms with Crippen molar-refractivity contribution in [1.82, 2.24) is 20.4 Å². The first kappa shape index (κ1) is 16.0. The van der Waals surface area contributed by atoms with Crippen molar-refractivity contribution >= 4 is 5.91 Å². The third kappa shape index (κ3) is 3.44. The number of rotatable bonds is 6. The highest BCUT2D eigenvalue weighted by Gasteiger charge is 2.29. The lowest BCUT2D eigenvalue weighted by atomic mass is 10.1. The highest BCUT2D eigenvalue weighted by molar-refractivity contribution is 5.93. The molecule has 6 heteroatoms. The van der Waals surface area contributed by atoms with Crippen LogP contribution in [0.15, 0.2) is 6.07 Å². The number of methoxy groups -OCH3 is 1. The Labute approximate surface area is 126 Å². The summed E-state index contributed by atoms with van der Waals surface area (Å²) >= 11 is 0. The summed E-state index contributed by atoms with van der Waals surface area (Å²) in [6, 6.07) is 2.13. The summed E-state index contributed by atoms with van der Waals surface area (Å²) in [6.07, 6.45) is 1.95. The van der Waals surface area contributed by atoms with Gasteiger partial charge in [0, 0.05) is 20.2 Å². The summed E-state index contributed by atoms with van der Waals surface area (Å²) in [4.78, 5) is 12.6. The number of nitrogens with one attached hydrogen (secondary N) is 2. The molecule has 118 valence electrons. The molecule has 21 heavy (non-hydrogen) atoms. The second-order valence-corrected chi connectivity index (χ2v) is 5.60. The standard InChI is InChI=1S/C15H26N4O2/c1-5-11(6-2)19-13(7-10(3)18-19)15(20)17-12-8-16-9-14(12)21-4/h7,11-12,14,16H,5-6,8-9H2,1-4H3,(H,17,20). The molecule has 1 aromatic heterocycles. The fourth-order valence-corrected chi connectivity index (χ4v) is 2.89. The second-order valence-electron chi connectivity index (χ2n) is 5.60. The second kappa shape index (κ2) is 7.04. The average Bonchev–Trinajstić information content (AvgIpc) is 3.07. The summed E-state index contributed by atoms with van der Waals surface area (Å²) in [6.45, 7) is 7.67. The minimum atomic E-state index is -0.0711. The fourth-order valence-electron chi connectivity index (χ4n) is 2.89.